The summed E-state index contributed by atoms with van der Waals surface area (Å²) in [6.07, 6.45) is -6.27. The van der Waals surface area contributed by atoms with Gasteiger partial charge in [0, 0.05) is 42.9 Å². The fraction of sp³-hybridized carbons (Fsp3) is 0.500. The van der Waals surface area contributed by atoms with E-state index in [4.69, 9.17) is 14.3 Å². The van der Waals surface area contributed by atoms with Gasteiger partial charge in [-0.2, -0.15) is 53.0 Å². The summed E-state index contributed by atoms with van der Waals surface area (Å²) < 4.78 is 135. The summed E-state index contributed by atoms with van der Waals surface area (Å²) in [4.78, 5) is 52.3. The van der Waals surface area contributed by atoms with E-state index in [9.17, 15) is 63.5 Å². The highest BCUT2D eigenvalue weighted by atomic mass is 32.8. The molecule has 1 unspecified atom stereocenters. The summed E-state index contributed by atoms with van der Waals surface area (Å²) in [7, 11) is -4.98. The van der Waals surface area contributed by atoms with E-state index in [1.165, 1.54) is 19.9 Å². The number of hydrogen-bond acceptors (Lipinski definition) is 10. The SMILES string of the molecule is CC(=O)CC(=O)OC(C)(C)C.C[Si](C)(C)/C=C/C=O.C[Si](C)(C)[C@@H]1CC=CC(=O)C1.Cc1cc(C(F)(F)F)cc(C(O[Si](C)(C)C)(c2cc(C(F)(F)F)cc(C(F)(F)F)c2)[C@@H]2CCCN2)c1.O=C(O)c1ccccc1.S.S=S. The molecule has 78 heavy (non-hydrogen) atoms. The van der Waals surface area contributed by atoms with Crippen LogP contribution in [0.5, 0.6) is 0 Å². The average Bonchev–Trinajstić information content (AvgIpc) is 3.82. The number of halogens is 9. The number of hydrogen-bond donors (Lipinski definition) is 2. The molecule has 1 heterocycles. The van der Waals surface area contributed by atoms with Crippen molar-refractivity contribution >= 4 is 90.1 Å². The number of carboxylic acid groups (broad SMARTS) is 1. The second-order valence-electron chi connectivity index (χ2n) is 22.3. The van der Waals surface area contributed by atoms with Crippen molar-refractivity contribution in [2.45, 2.75) is 167 Å². The normalized spacial score (nSPS) is 16.5. The summed E-state index contributed by atoms with van der Waals surface area (Å²) in [5, 5.41) is 11.4. The zero-order valence-electron chi connectivity index (χ0n) is 46.7. The Bertz CT molecular complexity index is 2430. The molecular formula is C54H76F9NO8S3Si3. The zero-order chi connectivity index (χ0) is 60.2. The summed E-state index contributed by atoms with van der Waals surface area (Å²) in [5.41, 5.74) is -4.19. The Morgan fingerprint density at radius 2 is 1.21 bits per heavy atom. The Kier molecular flexibility index (Phi) is 31.4. The molecule has 3 aromatic rings. The van der Waals surface area contributed by atoms with Gasteiger partial charge in [-0.3, -0.25) is 19.2 Å². The van der Waals surface area contributed by atoms with E-state index in [-0.39, 0.29) is 49.3 Å². The molecule has 1 fully saturated rings. The van der Waals surface area contributed by atoms with Gasteiger partial charge >= 0.3 is 30.5 Å². The molecule has 0 bridgehead atoms. The molecule has 1 aliphatic carbocycles. The van der Waals surface area contributed by atoms with Crippen LogP contribution in [0, 0.1) is 6.92 Å². The Balaban J connectivity index is 0. The standard InChI is InChI=1S/C24H26F9NOSi.C9H16OSi.C8H14O3.C7H6O2.C6H12OSi.S2.H2S/c1-14-8-15(10-17(9-14)22(25,26)27)21(35-36(2,3)4,20-6-5-7-34-20)16-11-18(23(28,29)30)13-19(12-16)24(31,32)33;1-11(2,3)9-6-4-5-8(10)7-9;1-6(9)5-7(10)11-8(2,3)4;8-7(9)6-4-2-1-3-5-6;1-8(2,3)6-4-5-7;1-2;/h8-13,20,34H,5-7H2,1-4H3;4-5,9H,6-7H2,1-3H3;5H2,1-4H3;1-5H,(H,8,9);4-6H,1-3H3;;1H2/b;;;;6-4+;;/t20-,21?;9-;;;;;/m01...../s1. The van der Waals surface area contributed by atoms with Crippen LogP contribution in [0.25, 0.3) is 0 Å². The van der Waals surface area contributed by atoms with Crippen molar-refractivity contribution in [3.8, 4) is 0 Å². The minimum Gasteiger partial charge on any atom is -0.478 e. The number of carboxylic acids is 1. The number of aldehydes is 1. The number of alkyl halides is 9. The highest BCUT2D eigenvalue weighted by molar-refractivity contribution is 8.07. The maximum Gasteiger partial charge on any atom is 0.416 e. The molecule has 0 radical (unpaired) electrons. The maximum absolute atomic E-state index is 13.8. The number of benzene rings is 3. The lowest BCUT2D eigenvalue weighted by Crippen LogP contribution is -2.53. The first-order valence-electron chi connectivity index (χ1n) is 24.3. The van der Waals surface area contributed by atoms with Crippen LogP contribution in [-0.4, -0.2) is 77.6 Å². The van der Waals surface area contributed by atoms with E-state index in [0.717, 1.165) is 31.3 Å². The second kappa shape index (κ2) is 32.3. The minimum absolute atomic E-state index is 0. The lowest BCUT2D eigenvalue weighted by molar-refractivity contribution is -0.156. The molecule has 9 nitrogen and oxygen atoms in total. The number of carbonyl (C=O) groups is 5. The highest BCUT2D eigenvalue weighted by Crippen LogP contribution is 2.48. The van der Waals surface area contributed by atoms with Gasteiger partial charge in [-0.05, 0) is 151 Å². The smallest absolute Gasteiger partial charge is 0.416 e. The van der Waals surface area contributed by atoms with Crippen molar-refractivity contribution in [2.24, 2.45) is 0 Å². The number of esters is 1. The van der Waals surface area contributed by atoms with Gasteiger partial charge in [-0.25, -0.2) is 4.79 Å². The number of ether oxygens (including phenoxy) is 1. The zero-order valence-corrected chi connectivity index (χ0v) is 52.3. The molecule has 0 spiro atoms. The van der Waals surface area contributed by atoms with E-state index in [2.05, 4.69) is 67.0 Å². The van der Waals surface area contributed by atoms with Crippen LogP contribution in [0.15, 0.2) is 90.7 Å². The molecular weight excluding hydrogens is 1140 g/mol. The third-order valence-electron chi connectivity index (χ3n) is 10.8. The molecule has 2 aliphatic rings. The van der Waals surface area contributed by atoms with E-state index in [0.29, 0.717) is 42.0 Å². The lowest BCUT2D eigenvalue weighted by atomic mass is 9.77. The Morgan fingerprint density at radius 3 is 1.53 bits per heavy atom. The second-order valence-corrected chi connectivity index (χ2v) is 37.4. The van der Waals surface area contributed by atoms with Crippen molar-refractivity contribution in [1.29, 1.82) is 0 Å². The van der Waals surface area contributed by atoms with Crippen LogP contribution >= 0.6 is 13.5 Å². The number of aryl methyl sites for hydroxylation is 1. The molecule has 438 valence electrons. The molecule has 1 aliphatic heterocycles. The molecule has 1 saturated heterocycles. The summed E-state index contributed by atoms with van der Waals surface area (Å²) in [6, 6.07) is 11.5. The largest absolute Gasteiger partial charge is 0.478 e. The molecule has 0 aromatic heterocycles. The predicted molar refractivity (Wildman–Crippen MR) is 308 cm³/mol. The van der Waals surface area contributed by atoms with E-state index >= 15 is 0 Å². The fourth-order valence-electron chi connectivity index (χ4n) is 7.51. The first-order chi connectivity index (χ1) is 34.9. The van der Waals surface area contributed by atoms with E-state index in [1.54, 1.807) is 82.9 Å². The predicted octanol–water partition coefficient (Wildman–Crippen LogP) is 14.9. The summed E-state index contributed by atoms with van der Waals surface area (Å²) >= 11 is 7.33. The van der Waals surface area contributed by atoms with Gasteiger partial charge in [-0.15, -0.1) is 0 Å². The summed E-state index contributed by atoms with van der Waals surface area (Å²) in [5.74, 6) is -1.18. The van der Waals surface area contributed by atoms with Gasteiger partial charge in [0.15, 0.2) is 14.1 Å². The third-order valence-corrected chi connectivity index (χ3v) is 15.8. The van der Waals surface area contributed by atoms with Crippen LogP contribution in [-0.2, 0) is 74.8 Å². The monoisotopic (exact) mass is 1220 g/mol. The molecule has 24 heteroatoms. The van der Waals surface area contributed by atoms with Crippen molar-refractivity contribution in [3.05, 3.63) is 130 Å². The minimum atomic E-state index is -5.13. The van der Waals surface area contributed by atoms with Crippen LogP contribution < -0.4 is 5.32 Å². The van der Waals surface area contributed by atoms with Gasteiger partial charge < -0.3 is 19.6 Å². The van der Waals surface area contributed by atoms with Crippen LogP contribution in [0.4, 0.5) is 39.5 Å². The topological polar surface area (TPSA) is 136 Å². The number of Topliss-reactive ketones (excluding diaryl/α,β-unsaturated/α-hetero) is 1. The Hall–Kier alpha value is -4.18. The van der Waals surface area contributed by atoms with E-state index in [1.807, 2.05) is 11.8 Å². The van der Waals surface area contributed by atoms with Crippen molar-refractivity contribution in [3.63, 3.8) is 0 Å². The number of allylic oxidation sites excluding steroid dienone is 3. The third kappa shape index (κ3) is 29.3. The van der Waals surface area contributed by atoms with Crippen LogP contribution in [0.3, 0.4) is 0 Å². The molecule has 2 N–H and O–H groups in total. The van der Waals surface area contributed by atoms with Crippen molar-refractivity contribution < 1.29 is 77.8 Å². The van der Waals surface area contributed by atoms with Gasteiger partial charge in [0.25, 0.3) is 0 Å². The van der Waals surface area contributed by atoms with Gasteiger partial charge in [0.05, 0.1) is 30.3 Å². The van der Waals surface area contributed by atoms with Gasteiger partial charge in [0.2, 0.25) is 0 Å². The Morgan fingerprint density at radius 1 is 0.756 bits per heavy atom. The van der Waals surface area contributed by atoms with Crippen molar-refractivity contribution in [2.75, 3.05) is 6.54 Å². The van der Waals surface area contributed by atoms with Crippen molar-refractivity contribution in [1.82, 2.24) is 5.32 Å². The number of carbonyl (C=O) groups excluding carboxylic acids is 4. The first kappa shape index (κ1) is 75.9. The van der Waals surface area contributed by atoms with E-state index < -0.39 is 94.4 Å². The van der Waals surface area contributed by atoms with Gasteiger partial charge in [-0.1, -0.05) is 80.9 Å². The maximum atomic E-state index is 13.8. The van der Waals surface area contributed by atoms with Gasteiger partial charge in [0.1, 0.15) is 29.7 Å². The average molecular weight is 1220 g/mol. The fourth-order valence-corrected chi connectivity index (χ4v) is 11.2. The van der Waals surface area contributed by atoms with Crippen LogP contribution in [0.1, 0.15) is 104 Å². The molecule has 0 amide bonds. The molecule has 5 rings (SSSR count). The lowest BCUT2D eigenvalue weighted by Gasteiger charge is -2.45. The highest BCUT2D eigenvalue weighted by Gasteiger charge is 2.50. The number of aromatic carboxylic acids is 1. The number of rotatable bonds is 11. The molecule has 3 aromatic carbocycles. The number of nitrogens with one attached hydrogen (secondary N) is 1. The van der Waals surface area contributed by atoms with Crippen LogP contribution in [0.2, 0.25) is 64.5 Å². The number of ketones is 2. The summed E-state index contributed by atoms with van der Waals surface area (Å²) in [6.45, 7) is 27.0. The quantitative estimate of drug-likeness (QED) is 0.0474. The Labute approximate surface area is 473 Å². The molecule has 0 saturated carbocycles. The molecule has 3 atom stereocenters. The first-order valence-corrected chi connectivity index (χ1v) is 36.2.